The van der Waals surface area contributed by atoms with E-state index in [0.29, 0.717) is 6.42 Å². The standard InChI is InChI=1S/C9H18O2.Ba.2H/c1-2-3-4-5-6-7-8-9(10)11;;;/h2-8H2,1H3,(H,10,11);;;/q;+2;2*-1. The Morgan fingerprint density at radius 3 is 2.17 bits per heavy atom. The zero-order valence-corrected chi connectivity index (χ0v) is 12.5. The van der Waals surface area contributed by atoms with Crippen LogP contribution in [0.15, 0.2) is 0 Å². The Kier molecular flexibility index (Phi) is 15.6. The Labute approximate surface area is 118 Å². The average Bonchev–Trinajstić information content (AvgIpc) is 1.96. The van der Waals surface area contributed by atoms with Gasteiger partial charge in [0.2, 0.25) is 0 Å². The molecule has 0 radical (unpaired) electrons. The van der Waals surface area contributed by atoms with Crippen molar-refractivity contribution in [2.75, 3.05) is 0 Å². The van der Waals surface area contributed by atoms with Gasteiger partial charge in [-0.05, 0) is 6.42 Å². The molecule has 2 nitrogen and oxygen atoms in total. The second-order valence-electron chi connectivity index (χ2n) is 2.91. The second kappa shape index (κ2) is 12.0. The van der Waals surface area contributed by atoms with Crippen LogP contribution in [0.2, 0.25) is 0 Å². The van der Waals surface area contributed by atoms with Gasteiger partial charge in [-0.25, -0.2) is 0 Å². The van der Waals surface area contributed by atoms with Crippen molar-refractivity contribution in [3.05, 3.63) is 0 Å². The average molecular weight is 298 g/mol. The first-order chi connectivity index (χ1) is 5.27. The van der Waals surface area contributed by atoms with Crippen LogP contribution in [0.25, 0.3) is 0 Å². The number of hydrogen-bond acceptors (Lipinski definition) is 1. The largest absolute Gasteiger partial charge is 2.00 e. The molecule has 0 aliphatic rings. The Morgan fingerprint density at radius 2 is 1.67 bits per heavy atom. The van der Waals surface area contributed by atoms with Crippen molar-refractivity contribution in [3.63, 3.8) is 0 Å². The summed E-state index contributed by atoms with van der Waals surface area (Å²) < 4.78 is 0. The first-order valence-electron chi connectivity index (χ1n) is 4.49. The molecule has 0 rings (SSSR count). The summed E-state index contributed by atoms with van der Waals surface area (Å²) in [7, 11) is 0. The van der Waals surface area contributed by atoms with E-state index >= 15 is 0 Å². The van der Waals surface area contributed by atoms with Gasteiger partial charge in [0, 0.05) is 6.42 Å². The van der Waals surface area contributed by atoms with Gasteiger partial charge in [0.25, 0.3) is 0 Å². The molecule has 0 saturated carbocycles. The molecular formula is C9H20BaO2. The fourth-order valence-electron chi connectivity index (χ4n) is 1.06. The summed E-state index contributed by atoms with van der Waals surface area (Å²) >= 11 is 0. The molecule has 0 fully saturated rings. The minimum Gasteiger partial charge on any atom is -1.00 e. The fraction of sp³-hybridized carbons (Fsp3) is 0.889. The molecule has 0 heterocycles. The van der Waals surface area contributed by atoms with Gasteiger partial charge in [-0.1, -0.05) is 39.0 Å². The number of unbranched alkanes of at least 4 members (excludes halogenated alkanes) is 5. The summed E-state index contributed by atoms with van der Waals surface area (Å²) in [6.45, 7) is 2.18. The molecule has 12 heavy (non-hydrogen) atoms. The third-order valence-electron chi connectivity index (χ3n) is 1.74. The van der Waals surface area contributed by atoms with E-state index in [2.05, 4.69) is 6.92 Å². The monoisotopic (exact) mass is 298 g/mol. The van der Waals surface area contributed by atoms with Crippen LogP contribution in [0.4, 0.5) is 0 Å². The number of rotatable bonds is 7. The van der Waals surface area contributed by atoms with Crippen molar-refractivity contribution in [1.29, 1.82) is 0 Å². The topological polar surface area (TPSA) is 37.3 Å². The van der Waals surface area contributed by atoms with Crippen LogP contribution in [-0.4, -0.2) is 60.0 Å². The minimum atomic E-state index is -0.666. The van der Waals surface area contributed by atoms with Crippen molar-refractivity contribution in [3.8, 4) is 0 Å². The summed E-state index contributed by atoms with van der Waals surface area (Å²) in [4.78, 5) is 10.1. The number of aliphatic carboxylic acids is 1. The van der Waals surface area contributed by atoms with Crippen molar-refractivity contribution < 1.29 is 12.8 Å². The van der Waals surface area contributed by atoms with Gasteiger partial charge in [0.1, 0.15) is 0 Å². The van der Waals surface area contributed by atoms with Crippen molar-refractivity contribution in [2.24, 2.45) is 0 Å². The molecule has 0 spiro atoms. The van der Waals surface area contributed by atoms with Gasteiger partial charge in [0.15, 0.2) is 0 Å². The molecule has 0 bridgehead atoms. The molecule has 0 unspecified atom stereocenters. The van der Waals surface area contributed by atoms with Gasteiger partial charge in [-0.2, -0.15) is 0 Å². The van der Waals surface area contributed by atoms with Crippen LogP contribution < -0.4 is 0 Å². The Bertz CT molecular complexity index is 113. The number of carboxylic acids is 1. The van der Waals surface area contributed by atoms with Crippen LogP contribution in [-0.2, 0) is 4.79 Å². The van der Waals surface area contributed by atoms with Crippen LogP contribution in [0, 0.1) is 0 Å². The van der Waals surface area contributed by atoms with Gasteiger partial charge in [0.05, 0.1) is 0 Å². The third-order valence-corrected chi connectivity index (χ3v) is 1.74. The molecule has 0 aliphatic heterocycles. The Hall–Kier alpha value is 1.04. The zero-order chi connectivity index (χ0) is 8.53. The molecular weight excluding hydrogens is 277 g/mol. The molecule has 0 aromatic carbocycles. The van der Waals surface area contributed by atoms with Gasteiger partial charge in [-0.15, -0.1) is 0 Å². The van der Waals surface area contributed by atoms with Crippen LogP contribution in [0.3, 0.4) is 0 Å². The van der Waals surface area contributed by atoms with Gasteiger partial charge < -0.3 is 7.96 Å². The van der Waals surface area contributed by atoms with E-state index in [9.17, 15) is 4.79 Å². The Morgan fingerprint density at radius 1 is 1.17 bits per heavy atom. The zero-order valence-electron chi connectivity index (χ0n) is 10.0. The molecule has 0 saturated heterocycles. The summed E-state index contributed by atoms with van der Waals surface area (Å²) in [5.74, 6) is -0.666. The van der Waals surface area contributed by atoms with E-state index in [1.54, 1.807) is 0 Å². The van der Waals surface area contributed by atoms with E-state index in [1.807, 2.05) is 0 Å². The van der Waals surface area contributed by atoms with E-state index in [-0.39, 0.29) is 51.7 Å². The molecule has 70 valence electrons. The summed E-state index contributed by atoms with van der Waals surface area (Å²) in [5, 5.41) is 8.32. The van der Waals surface area contributed by atoms with Crippen LogP contribution in [0.5, 0.6) is 0 Å². The van der Waals surface area contributed by atoms with Crippen molar-refractivity contribution in [1.82, 2.24) is 0 Å². The Balaban J connectivity index is -0.000000167. The maximum Gasteiger partial charge on any atom is 2.00 e. The van der Waals surface area contributed by atoms with E-state index in [0.717, 1.165) is 12.8 Å². The van der Waals surface area contributed by atoms with Crippen LogP contribution in [0.1, 0.15) is 54.7 Å². The molecule has 0 amide bonds. The van der Waals surface area contributed by atoms with E-state index in [1.165, 1.54) is 25.7 Å². The minimum absolute atomic E-state index is 0. The normalized spacial score (nSPS) is 9.08. The van der Waals surface area contributed by atoms with Crippen molar-refractivity contribution in [2.45, 2.75) is 51.9 Å². The third kappa shape index (κ3) is 13.6. The molecule has 0 atom stereocenters. The number of hydrogen-bond donors (Lipinski definition) is 1. The molecule has 1 N–H and O–H groups in total. The predicted molar refractivity (Wildman–Crippen MR) is 53.6 cm³/mol. The summed E-state index contributed by atoms with van der Waals surface area (Å²) in [5.41, 5.74) is 0. The summed E-state index contributed by atoms with van der Waals surface area (Å²) in [6.07, 6.45) is 7.25. The fourth-order valence-corrected chi connectivity index (χ4v) is 1.06. The molecule has 0 aromatic rings. The second-order valence-corrected chi connectivity index (χ2v) is 2.91. The van der Waals surface area contributed by atoms with Crippen LogP contribution >= 0.6 is 0 Å². The number of carboxylic acid groups (broad SMARTS) is 1. The maximum absolute atomic E-state index is 10.1. The smallest absolute Gasteiger partial charge is 1.00 e. The quantitative estimate of drug-likeness (QED) is 0.579. The predicted octanol–water partition coefficient (Wildman–Crippen LogP) is 2.67. The first-order valence-corrected chi connectivity index (χ1v) is 4.49. The van der Waals surface area contributed by atoms with E-state index < -0.39 is 5.97 Å². The molecule has 0 aromatic heterocycles. The summed E-state index contributed by atoms with van der Waals surface area (Å²) in [6, 6.07) is 0. The van der Waals surface area contributed by atoms with Gasteiger partial charge in [-0.3, -0.25) is 4.79 Å². The number of carbonyl (C=O) groups is 1. The molecule has 3 heteroatoms. The van der Waals surface area contributed by atoms with Crippen molar-refractivity contribution >= 4 is 54.9 Å². The molecule has 0 aliphatic carbocycles. The van der Waals surface area contributed by atoms with E-state index in [4.69, 9.17) is 5.11 Å². The maximum atomic E-state index is 10.1. The SMILES string of the molecule is CCCCCCCCC(=O)O.[Ba+2].[H-].[H-]. The van der Waals surface area contributed by atoms with Gasteiger partial charge >= 0.3 is 54.9 Å². The first kappa shape index (κ1) is 15.5.